The lowest BCUT2D eigenvalue weighted by Crippen LogP contribution is -2.47. The van der Waals surface area contributed by atoms with Gasteiger partial charge in [-0.25, -0.2) is 0 Å². The maximum atomic E-state index is 10.2. The van der Waals surface area contributed by atoms with Gasteiger partial charge in [-0.3, -0.25) is 0 Å². The SMILES string of the molecule is CC1(O)CCCN(c2nnnn2-c2ccccc2)C1. The summed E-state index contributed by atoms with van der Waals surface area (Å²) in [6.07, 6.45) is 1.76. The Bertz CT molecular complexity index is 551. The molecule has 0 saturated carbocycles. The number of piperidine rings is 1. The van der Waals surface area contributed by atoms with Gasteiger partial charge in [0.25, 0.3) is 0 Å². The maximum Gasteiger partial charge on any atom is 0.250 e. The molecule has 100 valence electrons. The second-order valence-electron chi connectivity index (χ2n) is 5.25. The molecule has 6 nitrogen and oxygen atoms in total. The van der Waals surface area contributed by atoms with Gasteiger partial charge < -0.3 is 10.0 Å². The molecule has 0 bridgehead atoms. The minimum atomic E-state index is -0.675. The van der Waals surface area contributed by atoms with Crippen LogP contribution in [0.3, 0.4) is 0 Å². The van der Waals surface area contributed by atoms with Gasteiger partial charge in [-0.1, -0.05) is 23.3 Å². The first-order valence-electron chi connectivity index (χ1n) is 6.47. The van der Waals surface area contributed by atoms with Gasteiger partial charge in [0.05, 0.1) is 11.3 Å². The summed E-state index contributed by atoms with van der Waals surface area (Å²) >= 11 is 0. The predicted molar refractivity (Wildman–Crippen MR) is 71.2 cm³/mol. The van der Waals surface area contributed by atoms with Gasteiger partial charge in [0.1, 0.15) is 0 Å². The number of hydrogen-bond acceptors (Lipinski definition) is 5. The molecule has 1 unspecified atom stereocenters. The van der Waals surface area contributed by atoms with Crippen LogP contribution in [-0.2, 0) is 0 Å². The lowest BCUT2D eigenvalue weighted by molar-refractivity contribution is 0.0443. The Morgan fingerprint density at radius 2 is 2.05 bits per heavy atom. The summed E-state index contributed by atoms with van der Waals surface area (Å²) in [5.41, 5.74) is 0.249. The molecule has 1 aliphatic heterocycles. The molecular formula is C13H17N5O. The molecule has 1 N–H and O–H groups in total. The molecule has 0 spiro atoms. The van der Waals surface area contributed by atoms with E-state index in [9.17, 15) is 5.11 Å². The van der Waals surface area contributed by atoms with Gasteiger partial charge in [-0.2, -0.15) is 4.68 Å². The van der Waals surface area contributed by atoms with Crippen molar-refractivity contribution in [3.05, 3.63) is 30.3 Å². The van der Waals surface area contributed by atoms with E-state index in [4.69, 9.17) is 0 Å². The normalized spacial score (nSPS) is 23.6. The van der Waals surface area contributed by atoms with Crippen LogP contribution in [0, 0.1) is 0 Å². The molecule has 1 fully saturated rings. The zero-order valence-electron chi connectivity index (χ0n) is 10.9. The molecule has 3 rings (SSSR count). The maximum absolute atomic E-state index is 10.2. The molecule has 0 aliphatic carbocycles. The van der Waals surface area contributed by atoms with Crippen molar-refractivity contribution >= 4 is 5.95 Å². The fourth-order valence-electron chi connectivity index (χ4n) is 2.51. The molecule has 1 aliphatic rings. The first-order chi connectivity index (χ1) is 9.16. The summed E-state index contributed by atoms with van der Waals surface area (Å²) in [6, 6.07) is 9.78. The first kappa shape index (κ1) is 12.1. The average Bonchev–Trinajstić information content (AvgIpc) is 2.88. The number of aliphatic hydroxyl groups is 1. The fraction of sp³-hybridized carbons (Fsp3) is 0.462. The lowest BCUT2D eigenvalue weighted by atomic mass is 9.95. The molecule has 2 heterocycles. The number of β-amino-alcohol motifs (C(OH)–C–C–N with tert-alkyl or cyclic N) is 1. The molecule has 1 aromatic carbocycles. The molecule has 1 saturated heterocycles. The number of hydrogen-bond donors (Lipinski definition) is 1. The van der Waals surface area contributed by atoms with Crippen molar-refractivity contribution in [2.45, 2.75) is 25.4 Å². The highest BCUT2D eigenvalue weighted by atomic mass is 16.3. The molecule has 19 heavy (non-hydrogen) atoms. The van der Waals surface area contributed by atoms with E-state index in [1.54, 1.807) is 4.68 Å². The Labute approximate surface area is 111 Å². The fourth-order valence-corrected chi connectivity index (χ4v) is 2.51. The third-order valence-corrected chi connectivity index (χ3v) is 3.41. The van der Waals surface area contributed by atoms with Crippen molar-refractivity contribution < 1.29 is 5.11 Å². The molecule has 6 heteroatoms. The van der Waals surface area contributed by atoms with E-state index < -0.39 is 5.60 Å². The average molecular weight is 259 g/mol. The minimum Gasteiger partial charge on any atom is -0.388 e. The van der Waals surface area contributed by atoms with E-state index in [-0.39, 0.29) is 0 Å². The van der Waals surface area contributed by atoms with Gasteiger partial charge in [0.15, 0.2) is 0 Å². The van der Waals surface area contributed by atoms with E-state index in [1.807, 2.05) is 42.2 Å². The van der Waals surface area contributed by atoms with E-state index in [0.717, 1.165) is 25.1 Å². The van der Waals surface area contributed by atoms with Crippen LogP contribution in [0.25, 0.3) is 5.69 Å². The highest BCUT2D eigenvalue weighted by Gasteiger charge is 2.31. The van der Waals surface area contributed by atoms with Crippen LogP contribution in [-0.4, -0.2) is 44.0 Å². The summed E-state index contributed by atoms with van der Waals surface area (Å²) in [4.78, 5) is 2.04. The highest BCUT2D eigenvalue weighted by molar-refractivity contribution is 5.41. The van der Waals surface area contributed by atoms with E-state index in [0.29, 0.717) is 12.5 Å². The second-order valence-corrected chi connectivity index (χ2v) is 5.25. The molecule has 1 atom stereocenters. The molecule has 0 amide bonds. The number of tetrazole rings is 1. The van der Waals surface area contributed by atoms with Crippen molar-refractivity contribution in [3.63, 3.8) is 0 Å². The van der Waals surface area contributed by atoms with Gasteiger partial charge in [-0.15, -0.1) is 0 Å². The van der Waals surface area contributed by atoms with E-state index in [1.165, 1.54) is 0 Å². The quantitative estimate of drug-likeness (QED) is 0.872. The predicted octanol–water partition coefficient (Wildman–Crippen LogP) is 1.01. The van der Waals surface area contributed by atoms with Crippen LogP contribution in [0.15, 0.2) is 30.3 Å². The van der Waals surface area contributed by atoms with Crippen molar-refractivity contribution in [3.8, 4) is 5.69 Å². The minimum absolute atomic E-state index is 0.556. The summed E-state index contributed by atoms with van der Waals surface area (Å²) in [5, 5.41) is 22.1. The van der Waals surface area contributed by atoms with Crippen LogP contribution in [0.2, 0.25) is 0 Å². The van der Waals surface area contributed by atoms with Crippen molar-refractivity contribution in [1.29, 1.82) is 0 Å². The zero-order chi connectivity index (χ0) is 13.3. The summed E-state index contributed by atoms with van der Waals surface area (Å²) < 4.78 is 1.71. The van der Waals surface area contributed by atoms with E-state index in [2.05, 4.69) is 15.5 Å². The summed E-state index contributed by atoms with van der Waals surface area (Å²) in [6.45, 7) is 3.28. The third-order valence-electron chi connectivity index (χ3n) is 3.41. The zero-order valence-corrected chi connectivity index (χ0v) is 10.9. The molecular weight excluding hydrogens is 242 g/mol. The number of nitrogens with zero attached hydrogens (tertiary/aromatic N) is 5. The Morgan fingerprint density at radius 3 is 2.79 bits per heavy atom. The number of anilines is 1. The van der Waals surface area contributed by atoms with Crippen LogP contribution < -0.4 is 4.90 Å². The van der Waals surface area contributed by atoms with Gasteiger partial charge in [-0.05, 0) is 42.3 Å². The van der Waals surface area contributed by atoms with Crippen molar-refractivity contribution in [2.24, 2.45) is 0 Å². The largest absolute Gasteiger partial charge is 0.388 e. The van der Waals surface area contributed by atoms with Crippen LogP contribution in [0.5, 0.6) is 0 Å². The summed E-state index contributed by atoms with van der Waals surface area (Å²) in [7, 11) is 0. The van der Waals surface area contributed by atoms with Crippen LogP contribution >= 0.6 is 0 Å². The van der Waals surface area contributed by atoms with Crippen LogP contribution in [0.4, 0.5) is 5.95 Å². The number of para-hydroxylation sites is 1. The first-order valence-corrected chi connectivity index (χ1v) is 6.47. The third kappa shape index (κ3) is 2.44. The monoisotopic (exact) mass is 259 g/mol. The standard InChI is InChI=1S/C13H17N5O/c1-13(19)8-5-9-17(10-13)12-14-15-16-18(12)11-6-3-2-4-7-11/h2-4,6-7,19H,5,8-10H2,1H3. The van der Waals surface area contributed by atoms with E-state index >= 15 is 0 Å². The topological polar surface area (TPSA) is 67.1 Å². The Morgan fingerprint density at radius 1 is 1.26 bits per heavy atom. The van der Waals surface area contributed by atoms with Crippen molar-refractivity contribution in [1.82, 2.24) is 20.2 Å². The number of aromatic nitrogens is 4. The van der Waals surface area contributed by atoms with Gasteiger partial charge in [0.2, 0.25) is 5.95 Å². The van der Waals surface area contributed by atoms with Crippen LogP contribution in [0.1, 0.15) is 19.8 Å². The summed E-state index contributed by atoms with van der Waals surface area (Å²) in [5.74, 6) is 0.686. The molecule has 1 aromatic heterocycles. The lowest BCUT2D eigenvalue weighted by Gasteiger charge is -2.36. The molecule has 2 aromatic rings. The highest BCUT2D eigenvalue weighted by Crippen LogP contribution is 2.25. The Hall–Kier alpha value is -1.95. The number of benzene rings is 1. The Balaban J connectivity index is 1.92. The molecule has 0 radical (unpaired) electrons. The smallest absolute Gasteiger partial charge is 0.250 e. The number of rotatable bonds is 2. The Kier molecular flexibility index (Phi) is 2.94. The van der Waals surface area contributed by atoms with Gasteiger partial charge in [0, 0.05) is 13.1 Å². The van der Waals surface area contributed by atoms with Gasteiger partial charge >= 0.3 is 0 Å². The second kappa shape index (κ2) is 4.62. The van der Waals surface area contributed by atoms with Crippen molar-refractivity contribution in [2.75, 3.05) is 18.0 Å².